The number of allylic oxidation sites excluding steroid dienone is 4. The number of likely N-dealkylation sites (tertiary alicyclic amines) is 1. The molecule has 1 aromatic heterocycles. The quantitative estimate of drug-likeness (QED) is 0.464. The van der Waals surface area contributed by atoms with Gasteiger partial charge in [-0.2, -0.15) is 0 Å². The summed E-state index contributed by atoms with van der Waals surface area (Å²) in [5, 5.41) is 23.2. The van der Waals surface area contributed by atoms with Crippen LogP contribution in [0.2, 0.25) is 0 Å². The fourth-order valence-electron chi connectivity index (χ4n) is 4.08. The van der Waals surface area contributed by atoms with E-state index in [1.165, 1.54) is 5.56 Å². The van der Waals surface area contributed by atoms with Gasteiger partial charge in [0.1, 0.15) is 24.2 Å². The minimum atomic E-state index is -0.727. The summed E-state index contributed by atoms with van der Waals surface area (Å²) in [7, 11) is 0. The van der Waals surface area contributed by atoms with E-state index in [1.807, 2.05) is 31.2 Å². The molecule has 1 fully saturated rings. The van der Waals surface area contributed by atoms with Crippen molar-refractivity contribution in [1.82, 2.24) is 14.5 Å². The lowest BCUT2D eigenvalue weighted by molar-refractivity contribution is -0.139. The number of oxime groups is 1. The van der Waals surface area contributed by atoms with E-state index in [4.69, 9.17) is 9.94 Å². The molecule has 4 rings (SSSR count). The Morgan fingerprint density at radius 3 is 2.71 bits per heavy atom. The standard InChI is InChI=1S/C26H28N4O4/c1-3-34-28-25-22(10-11-23(25)30-13-12-27-26(30)18(2)31)9-8-19-4-6-20(7-5-19)15-29-16-21(17-29)14-24(32)33/h4-7,10-13,18,21,31H,3,14-17H2,1-2H3,(H,32,33)/b28-25+/t18-/m0/s1. The first-order chi connectivity index (χ1) is 16.4. The zero-order chi connectivity index (χ0) is 24.1. The third-order valence-corrected chi connectivity index (χ3v) is 5.69. The van der Waals surface area contributed by atoms with Crippen LogP contribution in [0.3, 0.4) is 0 Å². The minimum absolute atomic E-state index is 0.243. The zero-order valence-corrected chi connectivity index (χ0v) is 19.3. The van der Waals surface area contributed by atoms with Gasteiger partial charge in [-0.15, -0.1) is 0 Å². The molecule has 2 aromatic rings. The number of aliphatic hydroxyl groups excluding tert-OH is 1. The van der Waals surface area contributed by atoms with E-state index < -0.39 is 12.1 Å². The first kappa shape index (κ1) is 23.5. The number of rotatable bonds is 8. The number of nitrogens with zero attached hydrogens (tertiary/aromatic N) is 4. The smallest absolute Gasteiger partial charge is 0.303 e. The van der Waals surface area contributed by atoms with Crippen molar-refractivity contribution < 1.29 is 19.8 Å². The van der Waals surface area contributed by atoms with Crippen LogP contribution in [-0.2, 0) is 16.2 Å². The maximum Gasteiger partial charge on any atom is 0.303 e. The highest BCUT2D eigenvalue weighted by molar-refractivity contribution is 6.32. The largest absolute Gasteiger partial charge is 0.481 e. The molecular formula is C26H28N4O4. The van der Waals surface area contributed by atoms with Gasteiger partial charge in [-0.1, -0.05) is 29.1 Å². The number of aliphatic carboxylic acids is 1. The molecule has 0 radical (unpaired) electrons. The predicted molar refractivity (Wildman–Crippen MR) is 129 cm³/mol. The Bertz CT molecular complexity index is 1190. The molecule has 2 aliphatic rings. The molecule has 0 amide bonds. The second kappa shape index (κ2) is 10.5. The summed E-state index contributed by atoms with van der Waals surface area (Å²) in [6.07, 6.45) is 6.71. The molecule has 1 aromatic carbocycles. The van der Waals surface area contributed by atoms with Gasteiger partial charge < -0.3 is 15.1 Å². The van der Waals surface area contributed by atoms with Crippen molar-refractivity contribution in [2.24, 2.45) is 11.1 Å². The molecule has 34 heavy (non-hydrogen) atoms. The minimum Gasteiger partial charge on any atom is -0.481 e. The van der Waals surface area contributed by atoms with Crippen LogP contribution in [0.4, 0.5) is 0 Å². The molecule has 0 spiro atoms. The van der Waals surface area contributed by atoms with E-state index in [9.17, 15) is 9.90 Å². The SMILES string of the molecule is CCO/N=C1\C(C#Cc2ccc(CN3CC(CC(=O)O)C3)cc2)=CC=C1n1ccnc1[C@H](C)O. The van der Waals surface area contributed by atoms with E-state index in [1.54, 1.807) is 23.9 Å². The second-order valence-corrected chi connectivity index (χ2v) is 8.43. The number of hydrogen-bond donors (Lipinski definition) is 2. The molecular weight excluding hydrogens is 432 g/mol. The van der Waals surface area contributed by atoms with Gasteiger partial charge in [0.25, 0.3) is 0 Å². The average Bonchev–Trinajstić information content (AvgIpc) is 3.42. The van der Waals surface area contributed by atoms with Crippen LogP contribution < -0.4 is 0 Å². The Kier molecular flexibility index (Phi) is 7.26. The lowest BCUT2D eigenvalue weighted by atomic mass is 9.95. The van der Waals surface area contributed by atoms with Crippen molar-refractivity contribution in [2.75, 3.05) is 19.7 Å². The van der Waals surface area contributed by atoms with Gasteiger partial charge in [-0.3, -0.25) is 14.3 Å². The molecule has 0 saturated carbocycles. The van der Waals surface area contributed by atoms with Crippen LogP contribution in [-0.4, -0.2) is 56.0 Å². The zero-order valence-electron chi connectivity index (χ0n) is 19.3. The summed E-state index contributed by atoms with van der Waals surface area (Å²) in [6.45, 7) is 6.43. The maximum absolute atomic E-state index is 10.8. The first-order valence-electron chi connectivity index (χ1n) is 11.3. The number of carbonyl (C=O) groups is 1. The molecule has 1 saturated heterocycles. The average molecular weight is 461 g/mol. The van der Waals surface area contributed by atoms with Crippen molar-refractivity contribution in [1.29, 1.82) is 0 Å². The normalized spacial score (nSPS) is 18.0. The molecule has 1 aliphatic carbocycles. The molecule has 8 heteroatoms. The van der Waals surface area contributed by atoms with Crippen LogP contribution >= 0.6 is 0 Å². The van der Waals surface area contributed by atoms with Crippen molar-refractivity contribution in [3.8, 4) is 11.8 Å². The van der Waals surface area contributed by atoms with E-state index in [0.717, 1.165) is 36.5 Å². The number of aliphatic hydroxyl groups is 1. The fraction of sp³-hybridized carbons (Fsp3) is 0.346. The summed E-state index contributed by atoms with van der Waals surface area (Å²) in [4.78, 5) is 22.6. The number of imidazole rings is 1. The lowest BCUT2D eigenvalue weighted by Crippen LogP contribution is -2.46. The van der Waals surface area contributed by atoms with Gasteiger partial charge >= 0.3 is 5.97 Å². The van der Waals surface area contributed by atoms with Crippen LogP contribution in [0, 0.1) is 17.8 Å². The number of benzene rings is 1. The van der Waals surface area contributed by atoms with E-state index in [2.05, 4.69) is 39.0 Å². The van der Waals surface area contributed by atoms with E-state index in [0.29, 0.717) is 18.1 Å². The van der Waals surface area contributed by atoms with Gasteiger partial charge in [-0.05, 0) is 49.6 Å². The van der Waals surface area contributed by atoms with Crippen LogP contribution in [0.1, 0.15) is 43.3 Å². The fourth-order valence-corrected chi connectivity index (χ4v) is 4.08. The van der Waals surface area contributed by atoms with Crippen LogP contribution in [0.25, 0.3) is 5.70 Å². The molecule has 1 aliphatic heterocycles. The van der Waals surface area contributed by atoms with Crippen LogP contribution in [0.15, 0.2) is 59.5 Å². The summed E-state index contributed by atoms with van der Waals surface area (Å²) < 4.78 is 1.79. The van der Waals surface area contributed by atoms with E-state index >= 15 is 0 Å². The summed E-state index contributed by atoms with van der Waals surface area (Å²) in [5.74, 6) is 6.43. The summed E-state index contributed by atoms with van der Waals surface area (Å²) >= 11 is 0. The Labute approximate surface area is 198 Å². The molecule has 2 N–H and O–H groups in total. The summed E-state index contributed by atoms with van der Waals surface area (Å²) in [5.41, 5.74) is 4.13. The number of carboxylic acid groups (broad SMARTS) is 1. The van der Waals surface area contributed by atoms with Gasteiger partial charge in [0.05, 0.1) is 17.7 Å². The third-order valence-electron chi connectivity index (χ3n) is 5.69. The van der Waals surface area contributed by atoms with Crippen molar-refractivity contribution in [2.45, 2.75) is 32.9 Å². The first-order valence-corrected chi connectivity index (χ1v) is 11.3. The summed E-state index contributed by atoms with van der Waals surface area (Å²) in [6, 6.07) is 8.08. The third kappa shape index (κ3) is 5.45. The lowest BCUT2D eigenvalue weighted by Gasteiger charge is -2.38. The molecule has 1 atom stereocenters. The Balaban J connectivity index is 1.42. The monoisotopic (exact) mass is 460 g/mol. The van der Waals surface area contributed by atoms with Crippen molar-refractivity contribution in [3.05, 3.63) is 71.3 Å². The highest BCUT2D eigenvalue weighted by atomic mass is 16.6. The Morgan fingerprint density at radius 2 is 2.03 bits per heavy atom. The van der Waals surface area contributed by atoms with Gasteiger partial charge in [-0.25, -0.2) is 4.98 Å². The highest BCUT2D eigenvalue weighted by Crippen LogP contribution is 2.25. The molecule has 0 bridgehead atoms. The number of aromatic nitrogens is 2. The molecule has 8 nitrogen and oxygen atoms in total. The topological polar surface area (TPSA) is 100 Å². The van der Waals surface area contributed by atoms with E-state index in [-0.39, 0.29) is 12.3 Å². The Morgan fingerprint density at radius 1 is 1.26 bits per heavy atom. The number of carboxylic acids is 1. The van der Waals surface area contributed by atoms with Gasteiger partial charge in [0.2, 0.25) is 0 Å². The number of hydrogen-bond acceptors (Lipinski definition) is 6. The highest BCUT2D eigenvalue weighted by Gasteiger charge is 2.28. The maximum atomic E-state index is 10.8. The predicted octanol–water partition coefficient (Wildman–Crippen LogP) is 3.07. The van der Waals surface area contributed by atoms with Gasteiger partial charge in [0.15, 0.2) is 0 Å². The van der Waals surface area contributed by atoms with Crippen LogP contribution in [0.5, 0.6) is 0 Å². The molecule has 176 valence electrons. The van der Waals surface area contributed by atoms with Crippen molar-refractivity contribution in [3.63, 3.8) is 0 Å². The van der Waals surface area contributed by atoms with Crippen molar-refractivity contribution >= 4 is 17.4 Å². The van der Waals surface area contributed by atoms with Gasteiger partial charge in [0, 0.05) is 37.6 Å². The molecule has 0 unspecified atom stereocenters. The molecule has 2 heterocycles. The second-order valence-electron chi connectivity index (χ2n) is 8.43. The Hall–Kier alpha value is -3.67.